The average molecular weight is 602 g/mol. The Balaban J connectivity index is 1.34. The van der Waals surface area contributed by atoms with Gasteiger partial charge in [-0.15, -0.1) is 16.4 Å². The van der Waals surface area contributed by atoms with Crippen molar-refractivity contribution >= 4 is 33.2 Å². The van der Waals surface area contributed by atoms with E-state index in [9.17, 15) is 18.7 Å². The SMILES string of the molecule is Cc1ccc(CN(Cc2cccs2)C(=O)c2ccc(-n3cc(C4(O)CCC(F)(F)CC4)nn3)cc2)c(Br)c1. The smallest absolute Gasteiger partial charge is 0.254 e. The zero-order valence-electron chi connectivity index (χ0n) is 20.8. The van der Waals surface area contributed by atoms with Crippen LogP contribution in [0.5, 0.6) is 0 Å². The van der Waals surface area contributed by atoms with Crippen LogP contribution < -0.4 is 0 Å². The summed E-state index contributed by atoms with van der Waals surface area (Å²) < 4.78 is 29.6. The molecule has 6 nitrogen and oxygen atoms in total. The van der Waals surface area contributed by atoms with E-state index in [-0.39, 0.29) is 37.3 Å². The minimum absolute atomic E-state index is 0.0662. The number of aromatic nitrogens is 3. The van der Waals surface area contributed by atoms with Crippen molar-refractivity contribution in [2.45, 2.75) is 57.2 Å². The predicted molar refractivity (Wildman–Crippen MR) is 145 cm³/mol. The van der Waals surface area contributed by atoms with Gasteiger partial charge < -0.3 is 10.0 Å². The number of carbonyl (C=O) groups excluding carboxylic acids is 1. The van der Waals surface area contributed by atoms with Crippen LogP contribution in [0, 0.1) is 6.92 Å². The fraction of sp³-hybridized carbons (Fsp3) is 0.321. The first-order valence-corrected chi connectivity index (χ1v) is 14.0. The molecule has 198 valence electrons. The van der Waals surface area contributed by atoms with Gasteiger partial charge in [0.05, 0.1) is 18.4 Å². The van der Waals surface area contributed by atoms with Crippen LogP contribution in [0.15, 0.2) is 70.6 Å². The van der Waals surface area contributed by atoms with E-state index in [0.717, 1.165) is 20.5 Å². The molecule has 1 N–H and O–H groups in total. The minimum Gasteiger partial charge on any atom is -0.383 e. The standard InChI is InChI=1S/C28H27BrF2N4O2S/c1-19-4-5-21(24(29)15-19)16-34(17-23-3-2-14-38-23)26(36)20-6-8-22(9-7-20)35-18-25(32-33-35)27(37)10-12-28(30,31)13-11-27/h2-9,14-15,18,37H,10-13,16-17H2,1H3. The van der Waals surface area contributed by atoms with Crippen LogP contribution in [0.4, 0.5) is 8.78 Å². The summed E-state index contributed by atoms with van der Waals surface area (Å²) in [6.45, 7) is 2.96. The van der Waals surface area contributed by atoms with Gasteiger partial charge in [-0.1, -0.05) is 39.3 Å². The van der Waals surface area contributed by atoms with Crippen molar-refractivity contribution in [3.8, 4) is 5.69 Å². The summed E-state index contributed by atoms with van der Waals surface area (Å²) in [5.74, 6) is -2.86. The average Bonchev–Trinajstić information content (AvgIpc) is 3.60. The normalized spacial score (nSPS) is 16.3. The molecular formula is C28H27BrF2N4O2S. The van der Waals surface area contributed by atoms with Crippen molar-refractivity contribution in [2.75, 3.05) is 0 Å². The quantitative estimate of drug-likeness (QED) is 0.258. The monoisotopic (exact) mass is 600 g/mol. The maximum atomic E-state index is 13.6. The predicted octanol–water partition coefficient (Wildman–Crippen LogP) is 6.64. The van der Waals surface area contributed by atoms with Crippen LogP contribution in [0.2, 0.25) is 0 Å². The van der Waals surface area contributed by atoms with Gasteiger partial charge in [-0.3, -0.25) is 4.79 Å². The first-order valence-electron chi connectivity index (χ1n) is 12.3. The Morgan fingerprint density at radius 2 is 1.84 bits per heavy atom. The lowest BCUT2D eigenvalue weighted by atomic mass is 9.81. The third-order valence-electron chi connectivity index (χ3n) is 6.94. The summed E-state index contributed by atoms with van der Waals surface area (Å²) in [6, 6.07) is 17.1. The van der Waals surface area contributed by atoms with Gasteiger partial charge in [0.1, 0.15) is 11.3 Å². The van der Waals surface area contributed by atoms with Gasteiger partial charge >= 0.3 is 0 Å². The Hall–Kier alpha value is -2.95. The topological polar surface area (TPSA) is 71.2 Å². The number of carbonyl (C=O) groups is 1. The molecule has 10 heteroatoms. The van der Waals surface area contributed by atoms with Gasteiger partial charge in [-0.25, -0.2) is 13.5 Å². The zero-order valence-corrected chi connectivity index (χ0v) is 23.2. The van der Waals surface area contributed by atoms with Gasteiger partial charge in [0.25, 0.3) is 5.91 Å². The highest BCUT2D eigenvalue weighted by molar-refractivity contribution is 9.10. The molecular weight excluding hydrogens is 574 g/mol. The van der Waals surface area contributed by atoms with Crippen LogP contribution in [-0.4, -0.2) is 36.8 Å². The summed E-state index contributed by atoms with van der Waals surface area (Å²) in [7, 11) is 0. The summed E-state index contributed by atoms with van der Waals surface area (Å²) >= 11 is 5.24. The van der Waals surface area contributed by atoms with E-state index in [4.69, 9.17) is 0 Å². The second-order valence-corrected chi connectivity index (χ2v) is 11.7. The number of benzene rings is 2. The first kappa shape index (κ1) is 26.6. The molecule has 1 fully saturated rings. The molecule has 38 heavy (non-hydrogen) atoms. The molecule has 1 aliphatic carbocycles. The maximum absolute atomic E-state index is 13.6. The molecule has 2 heterocycles. The van der Waals surface area contributed by atoms with Gasteiger partial charge in [0.15, 0.2) is 0 Å². The van der Waals surface area contributed by atoms with Crippen LogP contribution in [-0.2, 0) is 18.7 Å². The van der Waals surface area contributed by atoms with Gasteiger partial charge in [0, 0.05) is 34.3 Å². The van der Waals surface area contributed by atoms with Crippen molar-refractivity contribution in [1.29, 1.82) is 0 Å². The van der Waals surface area contributed by atoms with Crippen molar-refractivity contribution in [3.05, 3.63) is 97.9 Å². The Morgan fingerprint density at radius 3 is 2.50 bits per heavy atom. The molecule has 0 bridgehead atoms. The third kappa shape index (κ3) is 5.87. The molecule has 5 rings (SSSR count). The number of aryl methyl sites for hydroxylation is 1. The molecule has 0 unspecified atom stereocenters. The lowest BCUT2D eigenvalue weighted by molar-refractivity contribution is -0.108. The Kier molecular flexibility index (Phi) is 7.48. The molecule has 2 aromatic carbocycles. The number of hydrogen-bond donors (Lipinski definition) is 1. The molecule has 0 radical (unpaired) electrons. The van der Waals surface area contributed by atoms with Gasteiger partial charge in [-0.2, -0.15) is 0 Å². The summed E-state index contributed by atoms with van der Waals surface area (Å²) in [5.41, 5.74) is 2.20. The van der Waals surface area contributed by atoms with E-state index in [1.807, 2.05) is 47.5 Å². The molecule has 0 saturated heterocycles. The second-order valence-electron chi connectivity index (χ2n) is 9.82. The van der Waals surface area contributed by atoms with Crippen molar-refractivity contribution in [3.63, 3.8) is 0 Å². The number of nitrogens with zero attached hydrogens (tertiary/aromatic N) is 4. The maximum Gasteiger partial charge on any atom is 0.254 e. The fourth-order valence-electron chi connectivity index (χ4n) is 4.60. The zero-order chi connectivity index (χ0) is 26.9. The molecule has 1 amide bonds. The molecule has 1 aliphatic rings. The number of rotatable bonds is 7. The number of amides is 1. The largest absolute Gasteiger partial charge is 0.383 e. The van der Waals surface area contributed by atoms with Crippen LogP contribution in [0.1, 0.15) is 57.7 Å². The lowest BCUT2D eigenvalue weighted by Gasteiger charge is -2.34. The number of thiophene rings is 1. The lowest BCUT2D eigenvalue weighted by Crippen LogP contribution is -2.36. The van der Waals surface area contributed by atoms with Crippen LogP contribution in [0.3, 0.4) is 0 Å². The van der Waals surface area contributed by atoms with Crippen LogP contribution >= 0.6 is 27.3 Å². The molecule has 1 saturated carbocycles. The van der Waals surface area contributed by atoms with E-state index in [1.165, 1.54) is 4.68 Å². The van der Waals surface area contributed by atoms with E-state index < -0.39 is 11.5 Å². The van der Waals surface area contributed by atoms with Crippen molar-refractivity contribution < 1.29 is 18.7 Å². The summed E-state index contributed by atoms with van der Waals surface area (Å²) in [4.78, 5) is 16.5. The summed E-state index contributed by atoms with van der Waals surface area (Å²) in [6.07, 6.45) is 0.674. The molecule has 0 aliphatic heterocycles. The van der Waals surface area contributed by atoms with E-state index in [1.54, 1.807) is 41.8 Å². The molecule has 4 aromatic rings. The Morgan fingerprint density at radius 1 is 1.11 bits per heavy atom. The number of alkyl halides is 2. The van der Waals surface area contributed by atoms with Crippen LogP contribution in [0.25, 0.3) is 5.69 Å². The molecule has 2 aromatic heterocycles. The van der Waals surface area contributed by atoms with Crippen molar-refractivity contribution in [1.82, 2.24) is 19.9 Å². The second kappa shape index (κ2) is 10.7. The van der Waals surface area contributed by atoms with Gasteiger partial charge in [-0.05, 0) is 72.7 Å². The number of halogens is 3. The third-order valence-corrected chi connectivity index (χ3v) is 8.54. The van der Waals surface area contributed by atoms with E-state index in [2.05, 4.69) is 26.2 Å². The highest BCUT2D eigenvalue weighted by Gasteiger charge is 2.44. The first-order chi connectivity index (χ1) is 18.1. The van der Waals surface area contributed by atoms with E-state index in [0.29, 0.717) is 24.3 Å². The Bertz CT molecular complexity index is 1410. The highest BCUT2D eigenvalue weighted by atomic mass is 79.9. The van der Waals surface area contributed by atoms with E-state index >= 15 is 0 Å². The number of aliphatic hydroxyl groups is 1. The highest BCUT2D eigenvalue weighted by Crippen LogP contribution is 2.43. The van der Waals surface area contributed by atoms with Crippen molar-refractivity contribution in [2.24, 2.45) is 0 Å². The van der Waals surface area contributed by atoms with Gasteiger partial charge in [0.2, 0.25) is 5.92 Å². The molecule has 0 atom stereocenters. The summed E-state index contributed by atoms with van der Waals surface area (Å²) in [5, 5.41) is 21.0. The fourth-order valence-corrected chi connectivity index (χ4v) is 5.94. The minimum atomic E-state index is -2.75. The Labute approximate surface area is 232 Å². The molecule has 0 spiro atoms. The number of hydrogen-bond acceptors (Lipinski definition) is 5.